The van der Waals surface area contributed by atoms with E-state index in [0.29, 0.717) is 28.6 Å². The molecule has 6 nitrogen and oxygen atoms in total. The number of carbonyl (C=O) groups is 2. The number of rotatable bonds is 5. The van der Waals surface area contributed by atoms with Crippen molar-refractivity contribution in [2.24, 2.45) is 11.3 Å². The molecule has 5 aliphatic rings. The highest BCUT2D eigenvalue weighted by atomic mass is 35.5. The Balaban J connectivity index is 1.08. The average molecular weight is 431 g/mol. The number of hydrogen-bond acceptors (Lipinski definition) is 4. The van der Waals surface area contributed by atoms with Crippen LogP contribution in [-0.4, -0.2) is 78.9 Å². The smallest absolute Gasteiger partial charge is 0.254 e. The summed E-state index contributed by atoms with van der Waals surface area (Å²) in [7, 11) is 3.45. The second-order valence-corrected chi connectivity index (χ2v) is 10.4. The van der Waals surface area contributed by atoms with Crippen LogP contribution in [0.15, 0.2) is 18.2 Å². The lowest BCUT2D eigenvalue weighted by Gasteiger charge is -2.61. The maximum atomic E-state index is 12.8. The van der Waals surface area contributed by atoms with Crippen LogP contribution in [-0.2, 0) is 4.79 Å². The van der Waals surface area contributed by atoms with Gasteiger partial charge in [0.2, 0.25) is 5.91 Å². The SMILES string of the molecule is CN(C)C(=O)c1ccc(NC2CN(C3CCN(C(=O)C45CC(C4)C5)CC3)C2)cc1Cl. The largest absolute Gasteiger partial charge is 0.380 e. The molecule has 5 fully saturated rings. The third-order valence-electron chi connectivity index (χ3n) is 7.65. The van der Waals surface area contributed by atoms with Crippen LogP contribution >= 0.6 is 11.6 Å². The quantitative estimate of drug-likeness (QED) is 0.780. The van der Waals surface area contributed by atoms with E-state index in [2.05, 4.69) is 15.1 Å². The lowest BCUT2D eigenvalue weighted by molar-refractivity contribution is -0.178. The Labute approximate surface area is 183 Å². The van der Waals surface area contributed by atoms with E-state index < -0.39 is 0 Å². The standard InChI is InChI=1S/C23H31ClN4O2/c1-26(2)21(29)19-4-3-16(9-20(19)24)25-17-13-28(14-17)18-5-7-27(8-6-18)22(30)23-10-15(11-23)12-23/h3-4,9,15,17-18,25H,5-8,10-14H2,1-2H3. The summed E-state index contributed by atoms with van der Waals surface area (Å²) in [4.78, 5) is 31.1. The molecular weight excluding hydrogens is 400 g/mol. The normalized spacial score (nSPS) is 28.9. The van der Waals surface area contributed by atoms with Gasteiger partial charge in [-0.05, 0) is 56.2 Å². The van der Waals surface area contributed by atoms with Gasteiger partial charge < -0.3 is 15.1 Å². The monoisotopic (exact) mass is 430 g/mol. The first-order chi connectivity index (χ1) is 14.3. The molecule has 162 valence electrons. The van der Waals surface area contributed by atoms with Gasteiger partial charge >= 0.3 is 0 Å². The summed E-state index contributed by atoms with van der Waals surface area (Å²) in [6.07, 6.45) is 5.63. The number of nitrogens with one attached hydrogen (secondary N) is 1. The summed E-state index contributed by atoms with van der Waals surface area (Å²) >= 11 is 6.32. The molecule has 6 rings (SSSR count). The first-order valence-corrected chi connectivity index (χ1v) is 11.5. The van der Waals surface area contributed by atoms with Gasteiger partial charge in [-0.25, -0.2) is 0 Å². The molecule has 30 heavy (non-hydrogen) atoms. The Morgan fingerprint density at radius 1 is 1.13 bits per heavy atom. The van der Waals surface area contributed by atoms with E-state index in [-0.39, 0.29) is 11.3 Å². The predicted molar refractivity (Wildman–Crippen MR) is 118 cm³/mol. The van der Waals surface area contributed by atoms with Crippen molar-refractivity contribution >= 4 is 29.1 Å². The highest BCUT2D eigenvalue weighted by Gasteiger charge is 2.62. The number of piperidine rings is 1. The summed E-state index contributed by atoms with van der Waals surface area (Å²) in [5.74, 6) is 1.22. The van der Waals surface area contributed by atoms with Crippen molar-refractivity contribution in [3.8, 4) is 0 Å². The molecule has 2 saturated heterocycles. The molecule has 3 aliphatic carbocycles. The zero-order valence-electron chi connectivity index (χ0n) is 17.9. The summed E-state index contributed by atoms with van der Waals surface area (Å²) in [6, 6.07) is 6.55. The number of nitrogens with zero attached hydrogens (tertiary/aromatic N) is 3. The van der Waals surface area contributed by atoms with Crippen LogP contribution in [0.5, 0.6) is 0 Å². The highest BCUT2D eigenvalue weighted by molar-refractivity contribution is 6.34. The fourth-order valence-corrected chi connectivity index (χ4v) is 5.93. The van der Waals surface area contributed by atoms with Gasteiger partial charge in [0.25, 0.3) is 5.91 Å². The molecule has 3 saturated carbocycles. The van der Waals surface area contributed by atoms with Gasteiger partial charge in [0, 0.05) is 52.0 Å². The molecule has 0 aromatic heterocycles. The Kier molecular flexibility index (Phi) is 4.98. The number of carbonyl (C=O) groups excluding carboxylic acids is 2. The van der Waals surface area contributed by atoms with E-state index in [1.165, 1.54) is 4.90 Å². The molecule has 2 amide bonds. The predicted octanol–water partition coefficient (Wildman–Crippen LogP) is 2.93. The minimum Gasteiger partial charge on any atom is -0.380 e. The van der Waals surface area contributed by atoms with Crippen molar-refractivity contribution in [3.63, 3.8) is 0 Å². The van der Waals surface area contributed by atoms with Gasteiger partial charge in [0.1, 0.15) is 0 Å². The lowest BCUT2D eigenvalue weighted by Crippen LogP contribution is -2.64. The van der Waals surface area contributed by atoms with E-state index in [9.17, 15) is 9.59 Å². The molecule has 2 heterocycles. The molecule has 1 N–H and O–H groups in total. The van der Waals surface area contributed by atoms with Crippen molar-refractivity contribution in [1.29, 1.82) is 0 Å². The maximum absolute atomic E-state index is 12.8. The van der Waals surface area contributed by atoms with E-state index in [1.54, 1.807) is 20.2 Å². The molecule has 0 unspecified atom stereocenters. The topological polar surface area (TPSA) is 55.9 Å². The molecule has 1 aromatic rings. The summed E-state index contributed by atoms with van der Waals surface area (Å²) in [6.45, 7) is 3.86. The summed E-state index contributed by atoms with van der Waals surface area (Å²) in [5.41, 5.74) is 1.55. The van der Waals surface area contributed by atoms with Crippen molar-refractivity contribution in [3.05, 3.63) is 28.8 Å². The molecule has 0 atom stereocenters. The lowest BCUT2D eigenvalue weighted by atomic mass is 9.44. The first-order valence-electron chi connectivity index (χ1n) is 11.2. The number of anilines is 1. The minimum atomic E-state index is -0.0831. The summed E-state index contributed by atoms with van der Waals surface area (Å²) in [5, 5.41) is 4.02. The number of benzene rings is 1. The van der Waals surface area contributed by atoms with Crippen molar-refractivity contribution in [2.75, 3.05) is 45.6 Å². The molecule has 0 spiro atoms. The van der Waals surface area contributed by atoms with E-state index in [0.717, 1.165) is 69.9 Å². The molecule has 2 bridgehead atoms. The van der Waals surface area contributed by atoms with Gasteiger partial charge in [0.05, 0.1) is 22.0 Å². The Hall–Kier alpha value is -1.79. The van der Waals surface area contributed by atoms with Crippen molar-refractivity contribution < 1.29 is 9.59 Å². The molecular formula is C23H31ClN4O2. The van der Waals surface area contributed by atoms with Gasteiger partial charge in [-0.1, -0.05) is 11.6 Å². The van der Waals surface area contributed by atoms with Crippen LogP contribution in [0.3, 0.4) is 0 Å². The van der Waals surface area contributed by atoms with Gasteiger partial charge in [-0.15, -0.1) is 0 Å². The van der Waals surface area contributed by atoms with Gasteiger partial charge in [-0.2, -0.15) is 0 Å². The molecule has 2 aliphatic heterocycles. The van der Waals surface area contributed by atoms with Crippen LogP contribution in [0.2, 0.25) is 5.02 Å². The fourth-order valence-electron chi connectivity index (χ4n) is 5.67. The van der Waals surface area contributed by atoms with Crippen LogP contribution in [0.25, 0.3) is 0 Å². The Morgan fingerprint density at radius 3 is 2.33 bits per heavy atom. The zero-order chi connectivity index (χ0) is 21.0. The molecule has 0 radical (unpaired) electrons. The number of likely N-dealkylation sites (tertiary alicyclic amines) is 2. The van der Waals surface area contributed by atoms with Crippen molar-refractivity contribution in [2.45, 2.75) is 44.2 Å². The summed E-state index contributed by atoms with van der Waals surface area (Å²) < 4.78 is 0. The maximum Gasteiger partial charge on any atom is 0.254 e. The zero-order valence-corrected chi connectivity index (χ0v) is 18.6. The molecule has 1 aromatic carbocycles. The third-order valence-corrected chi connectivity index (χ3v) is 7.96. The first kappa shape index (κ1) is 20.1. The van der Waals surface area contributed by atoms with Crippen LogP contribution in [0.1, 0.15) is 42.5 Å². The van der Waals surface area contributed by atoms with E-state index in [1.807, 2.05) is 12.1 Å². The van der Waals surface area contributed by atoms with Gasteiger partial charge in [-0.3, -0.25) is 14.5 Å². The average Bonchev–Trinajstić information content (AvgIpc) is 2.61. The fraction of sp³-hybridized carbons (Fsp3) is 0.652. The number of hydrogen-bond donors (Lipinski definition) is 1. The third kappa shape index (κ3) is 3.38. The van der Waals surface area contributed by atoms with Crippen LogP contribution < -0.4 is 5.32 Å². The van der Waals surface area contributed by atoms with E-state index >= 15 is 0 Å². The minimum absolute atomic E-state index is 0.0667. The van der Waals surface area contributed by atoms with Crippen molar-refractivity contribution in [1.82, 2.24) is 14.7 Å². The molecule has 7 heteroatoms. The van der Waals surface area contributed by atoms with Crippen LogP contribution in [0, 0.1) is 11.3 Å². The Morgan fingerprint density at radius 2 is 1.80 bits per heavy atom. The number of amides is 2. The Bertz CT molecular complexity index is 842. The van der Waals surface area contributed by atoms with Gasteiger partial charge in [0.15, 0.2) is 0 Å². The number of halogens is 1. The second-order valence-electron chi connectivity index (χ2n) is 9.97. The highest BCUT2D eigenvalue weighted by Crippen LogP contribution is 2.65. The second kappa shape index (κ2) is 7.41. The van der Waals surface area contributed by atoms with E-state index in [4.69, 9.17) is 11.6 Å². The van der Waals surface area contributed by atoms with Crippen LogP contribution in [0.4, 0.5) is 5.69 Å².